The van der Waals surface area contributed by atoms with E-state index in [4.69, 9.17) is 4.74 Å². The Kier molecular flexibility index (Phi) is 8.12. The molecule has 4 rings (SSSR count). The van der Waals surface area contributed by atoms with Crippen molar-refractivity contribution < 1.29 is 18.7 Å². The monoisotopic (exact) mass is 505 g/mol. The first-order valence-corrected chi connectivity index (χ1v) is 12.2. The van der Waals surface area contributed by atoms with Crippen molar-refractivity contribution in [2.75, 3.05) is 12.9 Å². The summed E-state index contributed by atoms with van der Waals surface area (Å²) >= 11 is 1.09. The molecule has 7 nitrogen and oxygen atoms in total. The molecule has 3 aromatic carbocycles. The maximum absolute atomic E-state index is 13.4. The van der Waals surface area contributed by atoms with Gasteiger partial charge < -0.3 is 10.1 Å². The number of hydrogen-bond acceptors (Lipinski definition) is 6. The molecule has 0 aliphatic heterocycles. The number of rotatable bonds is 9. The highest BCUT2D eigenvalue weighted by atomic mass is 32.2. The Hall–Kier alpha value is -3.98. The third kappa shape index (κ3) is 6.17. The number of amides is 1. The van der Waals surface area contributed by atoms with Crippen LogP contribution in [0.15, 0.2) is 88.8 Å². The topological polar surface area (TPSA) is 90.3 Å². The van der Waals surface area contributed by atoms with Gasteiger partial charge in [0.25, 0.3) is 5.56 Å². The first-order valence-electron chi connectivity index (χ1n) is 11.2. The van der Waals surface area contributed by atoms with Crippen molar-refractivity contribution in [3.8, 4) is 0 Å². The van der Waals surface area contributed by atoms with Gasteiger partial charge in [0.15, 0.2) is 5.16 Å². The highest BCUT2D eigenvalue weighted by molar-refractivity contribution is 7.99. The molecule has 1 aromatic heterocycles. The van der Waals surface area contributed by atoms with E-state index in [-0.39, 0.29) is 30.1 Å². The highest BCUT2D eigenvalue weighted by Crippen LogP contribution is 2.19. The van der Waals surface area contributed by atoms with Crippen LogP contribution < -0.4 is 10.9 Å². The molecule has 1 amide bonds. The summed E-state index contributed by atoms with van der Waals surface area (Å²) in [6.45, 7) is 0.166. The molecule has 0 radical (unpaired) electrons. The van der Waals surface area contributed by atoms with Gasteiger partial charge in [0.05, 0.1) is 30.3 Å². The minimum Gasteiger partial charge on any atom is -0.467 e. The molecule has 0 spiro atoms. The summed E-state index contributed by atoms with van der Waals surface area (Å²) in [6.07, 6.45) is 0.285. The van der Waals surface area contributed by atoms with Gasteiger partial charge in [-0.2, -0.15) is 0 Å². The second kappa shape index (κ2) is 11.6. The van der Waals surface area contributed by atoms with Gasteiger partial charge in [-0.05, 0) is 35.4 Å². The summed E-state index contributed by atoms with van der Waals surface area (Å²) in [7, 11) is 1.27. The number of carbonyl (C=O) groups is 2. The molecule has 0 aliphatic rings. The number of halogens is 1. The molecule has 1 atom stereocenters. The van der Waals surface area contributed by atoms with Gasteiger partial charge in [-0.15, -0.1) is 0 Å². The molecule has 0 unspecified atom stereocenters. The Bertz CT molecular complexity index is 1420. The quantitative estimate of drug-likeness (QED) is 0.213. The number of benzene rings is 3. The molecule has 4 aromatic rings. The lowest BCUT2D eigenvalue weighted by molar-refractivity contribution is -0.144. The number of thioether (sulfide) groups is 1. The zero-order valence-corrected chi connectivity index (χ0v) is 20.3. The lowest BCUT2D eigenvalue weighted by atomic mass is 10.1. The van der Waals surface area contributed by atoms with Gasteiger partial charge >= 0.3 is 5.97 Å². The first kappa shape index (κ1) is 25.1. The minimum absolute atomic E-state index is 0.0729. The molecule has 1 N–H and O–H groups in total. The highest BCUT2D eigenvalue weighted by Gasteiger charge is 2.22. The minimum atomic E-state index is -0.850. The molecule has 0 fully saturated rings. The Morgan fingerprint density at radius 3 is 2.42 bits per heavy atom. The van der Waals surface area contributed by atoms with Crippen molar-refractivity contribution in [2.24, 2.45) is 0 Å². The lowest BCUT2D eigenvalue weighted by Crippen LogP contribution is -2.43. The molecular formula is C27H24FN3O4S. The Labute approximate surface area is 211 Å². The third-order valence-corrected chi connectivity index (χ3v) is 6.49. The number of ether oxygens (including phenoxy) is 1. The van der Waals surface area contributed by atoms with Crippen molar-refractivity contribution in [1.29, 1.82) is 0 Å². The van der Waals surface area contributed by atoms with Crippen LogP contribution in [0.5, 0.6) is 0 Å². The number of esters is 1. The number of nitrogens with zero attached hydrogens (tertiary/aromatic N) is 2. The number of para-hydroxylation sites is 1. The molecule has 0 saturated heterocycles. The van der Waals surface area contributed by atoms with E-state index < -0.39 is 17.9 Å². The second-order valence-corrected chi connectivity index (χ2v) is 8.99. The van der Waals surface area contributed by atoms with Crippen LogP contribution in [0.4, 0.5) is 4.39 Å². The Balaban J connectivity index is 1.55. The zero-order chi connectivity index (χ0) is 25.5. The summed E-state index contributed by atoms with van der Waals surface area (Å²) in [5.74, 6) is -1.39. The van der Waals surface area contributed by atoms with Gasteiger partial charge in [0, 0.05) is 6.42 Å². The number of fused-ring (bicyclic) bond motifs is 1. The third-order valence-electron chi connectivity index (χ3n) is 5.52. The van der Waals surface area contributed by atoms with Crippen LogP contribution in [0.2, 0.25) is 0 Å². The van der Waals surface area contributed by atoms with Crippen LogP contribution in [-0.4, -0.2) is 40.3 Å². The Morgan fingerprint density at radius 1 is 1.00 bits per heavy atom. The van der Waals surface area contributed by atoms with E-state index in [1.54, 1.807) is 36.4 Å². The summed E-state index contributed by atoms with van der Waals surface area (Å²) in [5.41, 5.74) is 1.85. The van der Waals surface area contributed by atoms with E-state index in [0.717, 1.165) is 22.9 Å². The zero-order valence-electron chi connectivity index (χ0n) is 19.5. The number of nitrogens with one attached hydrogen (secondary N) is 1. The first-order chi connectivity index (χ1) is 17.4. The van der Waals surface area contributed by atoms with Gasteiger partial charge in [-0.3, -0.25) is 14.2 Å². The normalized spacial score (nSPS) is 11.7. The predicted molar refractivity (Wildman–Crippen MR) is 136 cm³/mol. The number of hydrogen-bond donors (Lipinski definition) is 1. The fourth-order valence-corrected chi connectivity index (χ4v) is 4.53. The molecule has 0 bridgehead atoms. The Morgan fingerprint density at radius 2 is 1.69 bits per heavy atom. The van der Waals surface area contributed by atoms with Gasteiger partial charge in [-0.1, -0.05) is 66.4 Å². The number of methoxy groups -OCH3 is 1. The molecule has 1 heterocycles. The van der Waals surface area contributed by atoms with Crippen LogP contribution in [0.3, 0.4) is 0 Å². The van der Waals surface area contributed by atoms with Crippen molar-refractivity contribution in [3.05, 3.63) is 106 Å². The SMILES string of the molecule is COC(=O)[C@H](Cc1ccccc1)NC(=O)CSc1nc2ccccc2c(=O)n1Cc1ccc(F)cc1. The van der Waals surface area contributed by atoms with Crippen LogP contribution in [0.25, 0.3) is 10.9 Å². The average Bonchev–Trinajstić information content (AvgIpc) is 2.90. The lowest BCUT2D eigenvalue weighted by Gasteiger charge is -2.17. The van der Waals surface area contributed by atoms with Gasteiger partial charge in [-0.25, -0.2) is 14.2 Å². The largest absolute Gasteiger partial charge is 0.467 e. The maximum Gasteiger partial charge on any atom is 0.328 e. The molecule has 0 aliphatic carbocycles. The summed E-state index contributed by atoms with van der Waals surface area (Å²) in [6, 6.07) is 21.3. The fraction of sp³-hybridized carbons (Fsp3) is 0.185. The molecule has 36 heavy (non-hydrogen) atoms. The van der Waals surface area contributed by atoms with Gasteiger partial charge in [0.1, 0.15) is 11.9 Å². The van der Waals surface area contributed by atoms with E-state index in [1.807, 2.05) is 30.3 Å². The van der Waals surface area contributed by atoms with Crippen molar-refractivity contribution in [1.82, 2.24) is 14.9 Å². The van der Waals surface area contributed by atoms with E-state index in [0.29, 0.717) is 16.1 Å². The van der Waals surface area contributed by atoms with E-state index >= 15 is 0 Å². The summed E-state index contributed by atoms with van der Waals surface area (Å²) < 4.78 is 19.7. The second-order valence-electron chi connectivity index (χ2n) is 8.05. The smallest absolute Gasteiger partial charge is 0.328 e. The number of carbonyl (C=O) groups excluding carboxylic acids is 2. The molecule has 0 saturated carbocycles. The van der Waals surface area contributed by atoms with Crippen molar-refractivity contribution in [3.63, 3.8) is 0 Å². The van der Waals surface area contributed by atoms with Crippen LogP contribution in [0, 0.1) is 5.82 Å². The fourth-order valence-electron chi connectivity index (χ4n) is 3.72. The van der Waals surface area contributed by atoms with E-state index in [2.05, 4.69) is 10.3 Å². The van der Waals surface area contributed by atoms with Crippen LogP contribution >= 0.6 is 11.8 Å². The molecular weight excluding hydrogens is 481 g/mol. The van der Waals surface area contributed by atoms with E-state index in [1.165, 1.54) is 23.8 Å². The van der Waals surface area contributed by atoms with Crippen molar-refractivity contribution >= 4 is 34.5 Å². The standard InChI is InChI=1S/C27H24FN3O4S/c1-35-26(34)23(15-18-7-3-2-4-8-18)29-24(32)17-36-27-30-22-10-6-5-9-21(22)25(33)31(27)16-19-11-13-20(28)14-12-19/h2-14,23H,15-17H2,1H3,(H,29,32)/t23-/m0/s1. The van der Waals surface area contributed by atoms with Crippen molar-refractivity contribution in [2.45, 2.75) is 24.2 Å². The molecule has 9 heteroatoms. The average molecular weight is 506 g/mol. The van der Waals surface area contributed by atoms with Crippen LogP contribution in [-0.2, 0) is 27.3 Å². The summed E-state index contributed by atoms with van der Waals surface area (Å²) in [4.78, 5) is 42.9. The maximum atomic E-state index is 13.4. The van der Waals surface area contributed by atoms with E-state index in [9.17, 15) is 18.8 Å². The predicted octanol–water partition coefficient (Wildman–Crippen LogP) is 3.58. The van der Waals surface area contributed by atoms with Crippen LogP contribution in [0.1, 0.15) is 11.1 Å². The summed E-state index contributed by atoms with van der Waals surface area (Å²) in [5, 5.41) is 3.51. The molecule has 184 valence electrons. The van der Waals surface area contributed by atoms with Gasteiger partial charge in [0.2, 0.25) is 5.91 Å². The number of aromatic nitrogens is 2.